The minimum Gasteiger partial charge on any atom is -0.490 e. The molecule has 0 atom stereocenters. The Hall–Kier alpha value is -0.505. The molecule has 0 aromatic rings. The zero-order valence-corrected chi connectivity index (χ0v) is 7.50. The van der Waals surface area contributed by atoms with Crippen molar-refractivity contribution in [3.8, 4) is 0 Å². The molecular weight excluding hydrogens is 141 g/mol. The van der Waals surface area contributed by atoms with Crippen molar-refractivity contribution < 1.29 is 9.90 Å². The first-order valence-electron chi connectivity index (χ1n) is 3.79. The maximum Gasteiger partial charge on any atom is 0.233 e. The zero-order chi connectivity index (χ0) is 9.28. The molecule has 11 heavy (non-hydrogen) atoms. The lowest BCUT2D eigenvalue weighted by atomic mass is 10.2. The van der Waals surface area contributed by atoms with Crippen LogP contribution in [0, 0.1) is 0 Å². The van der Waals surface area contributed by atoms with Gasteiger partial charge in [-0.15, -0.1) is 0 Å². The van der Waals surface area contributed by atoms with Crippen molar-refractivity contribution in [3.05, 3.63) is 0 Å². The van der Waals surface area contributed by atoms with Gasteiger partial charge in [-0.2, -0.15) is 0 Å². The fraction of sp³-hybridized carbons (Fsp3) is 0.857. The quantitative estimate of drug-likeness (QED) is 0.625. The molecule has 0 aromatic heterocycles. The van der Waals surface area contributed by atoms with Crippen molar-refractivity contribution in [3.63, 3.8) is 0 Å². The second-order valence-electron chi connectivity index (χ2n) is 1.96. The smallest absolute Gasteiger partial charge is 0.233 e. The van der Waals surface area contributed by atoms with Gasteiger partial charge in [-0.05, 0) is 19.6 Å². The Balaban J connectivity index is 0. The minimum absolute atomic E-state index is 1.19. The first-order valence-corrected chi connectivity index (χ1v) is 3.79. The van der Waals surface area contributed by atoms with Gasteiger partial charge in [0.15, 0.2) is 0 Å². The van der Waals surface area contributed by atoms with Crippen molar-refractivity contribution in [2.24, 2.45) is 0 Å². The Kier molecular flexibility index (Phi) is 11.3. The molecule has 0 saturated heterocycles. The summed E-state index contributed by atoms with van der Waals surface area (Å²) >= 11 is 0. The van der Waals surface area contributed by atoms with Gasteiger partial charge in [-0.25, -0.2) is 0 Å². The molecule has 0 rings (SSSR count). The highest BCUT2D eigenvalue weighted by Crippen LogP contribution is 1.81. The molecule has 0 heterocycles. The van der Waals surface area contributed by atoms with Crippen molar-refractivity contribution in [2.45, 2.75) is 20.8 Å². The standard InChI is InChI=1S/C6H15N.CHBO2/c1-4-7(5-2)6-3;2-1(3)4/h4-6H2,1-3H3;(H,3,4). The summed E-state index contributed by atoms with van der Waals surface area (Å²) in [6, 6.07) is 0. The molecule has 64 valence electrons. The van der Waals surface area contributed by atoms with Crippen LogP contribution < -0.4 is 0 Å². The van der Waals surface area contributed by atoms with Gasteiger partial charge in [-0.1, -0.05) is 20.8 Å². The zero-order valence-electron chi connectivity index (χ0n) is 7.50. The molecule has 0 spiro atoms. The lowest BCUT2D eigenvalue weighted by Gasteiger charge is -2.13. The number of hydrogen-bond donors (Lipinski definition) is 1. The second-order valence-corrected chi connectivity index (χ2v) is 1.96. The summed E-state index contributed by atoms with van der Waals surface area (Å²) in [6.45, 7) is 10.1. The largest absolute Gasteiger partial charge is 0.490 e. The Morgan fingerprint density at radius 2 is 1.45 bits per heavy atom. The molecule has 0 saturated carbocycles. The van der Waals surface area contributed by atoms with Crippen LogP contribution in [0.15, 0.2) is 0 Å². The van der Waals surface area contributed by atoms with E-state index in [0.29, 0.717) is 0 Å². The molecule has 4 heteroatoms. The molecule has 0 unspecified atom stereocenters. The maximum absolute atomic E-state index is 8.78. The van der Waals surface area contributed by atoms with E-state index in [-0.39, 0.29) is 0 Å². The third kappa shape index (κ3) is 17.7. The van der Waals surface area contributed by atoms with Crippen LogP contribution in [0.25, 0.3) is 0 Å². The van der Waals surface area contributed by atoms with Gasteiger partial charge in [0, 0.05) is 0 Å². The Bertz CT molecular complexity index is 84.9. The summed E-state index contributed by atoms with van der Waals surface area (Å²) in [5, 5.41) is 7.19. The van der Waals surface area contributed by atoms with Crippen molar-refractivity contribution >= 4 is 13.7 Å². The van der Waals surface area contributed by atoms with Gasteiger partial charge >= 0.3 is 0 Å². The lowest BCUT2D eigenvalue weighted by molar-refractivity contribution is 0.220. The number of rotatable bonds is 3. The van der Waals surface area contributed by atoms with Crippen molar-refractivity contribution in [2.75, 3.05) is 19.6 Å². The van der Waals surface area contributed by atoms with E-state index in [2.05, 4.69) is 33.5 Å². The van der Waals surface area contributed by atoms with Crippen LogP contribution in [0.1, 0.15) is 20.8 Å². The van der Waals surface area contributed by atoms with E-state index in [1.54, 1.807) is 0 Å². The van der Waals surface area contributed by atoms with Crippen LogP contribution in [-0.4, -0.2) is 43.4 Å². The Morgan fingerprint density at radius 3 is 1.45 bits per heavy atom. The number of carboxylic acid groups (broad SMARTS) is 1. The number of carbonyl (C=O) groups is 1. The number of hydrogen-bond acceptors (Lipinski definition) is 2. The predicted octanol–water partition coefficient (Wildman–Crippen LogP) is 1.18. The summed E-state index contributed by atoms with van der Waals surface area (Å²) in [5.74, 6) is -1.33. The minimum atomic E-state index is -1.33. The van der Waals surface area contributed by atoms with Crippen LogP contribution in [0.5, 0.6) is 0 Å². The average Bonchev–Trinajstić information content (AvgIpc) is 1.90. The van der Waals surface area contributed by atoms with E-state index in [1.165, 1.54) is 19.6 Å². The number of nitrogens with zero attached hydrogens (tertiary/aromatic N) is 1. The third-order valence-electron chi connectivity index (χ3n) is 1.34. The van der Waals surface area contributed by atoms with Crippen molar-refractivity contribution in [1.82, 2.24) is 4.90 Å². The van der Waals surface area contributed by atoms with Crippen LogP contribution >= 0.6 is 0 Å². The molecule has 0 aromatic carbocycles. The Morgan fingerprint density at radius 1 is 1.27 bits per heavy atom. The molecule has 0 bridgehead atoms. The van der Waals surface area contributed by atoms with E-state index in [4.69, 9.17) is 9.90 Å². The summed E-state index contributed by atoms with van der Waals surface area (Å²) in [6.07, 6.45) is 0. The van der Waals surface area contributed by atoms with Crippen molar-refractivity contribution in [1.29, 1.82) is 0 Å². The third-order valence-corrected chi connectivity index (χ3v) is 1.34. The maximum atomic E-state index is 8.78. The fourth-order valence-electron chi connectivity index (χ4n) is 0.671. The van der Waals surface area contributed by atoms with E-state index in [1.807, 2.05) is 0 Å². The Labute approximate surface area is 69.8 Å². The summed E-state index contributed by atoms with van der Waals surface area (Å²) in [7, 11) is 4.03. The highest BCUT2D eigenvalue weighted by Gasteiger charge is 1.89. The molecular formula is C7H16BNO2. The van der Waals surface area contributed by atoms with Crippen LogP contribution in [-0.2, 0) is 0 Å². The fourth-order valence-corrected chi connectivity index (χ4v) is 0.671. The summed E-state index contributed by atoms with van der Waals surface area (Å²) in [5.41, 5.74) is 0. The van der Waals surface area contributed by atoms with Gasteiger partial charge < -0.3 is 10.0 Å². The molecule has 0 amide bonds. The SMILES string of the molecule is CCN(CC)CC.[B]C(=O)O. The summed E-state index contributed by atoms with van der Waals surface area (Å²) in [4.78, 5) is 11.2. The molecule has 1 N–H and O–H groups in total. The predicted molar refractivity (Wildman–Crippen MR) is 47.2 cm³/mol. The monoisotopic (exact) mass is 157 g/mol. The lowest BCUT2D eigenvalue weighted by Crippen LogP contribution is -2.21. The van der Waals surface area contributed by atoms with Gasteiger partial charge in [0.05, 0.1) is 0 Å². The normalized spacial score (nSPS) is 8.73. The molecule has 0 aliphatic heterocycles. The van der Waals surface area contributed by atoms with E-state index in [0.717, 1.165) is 0 Å². The molecule has 0 aliphatic carbocycles. The highest BCUT2D eigenvalue weighted by atomic mass is 16.4. The first kappa shape index (κ1) is 13.1. The average molecular weight is 157 g/mol. The van der Waals surface area contributed by atoms with Gasteiger partial charge in [0.2, 0.25) is 13.7 Å². The van der Waals surface area contributed by atoms with E-state index >= 15 is 0 Å². The molecule has 3 nitrogen and oxygen atoms in total. The second kappa shape index (κ2) is 9.49. The highest BCUT2D eigenvalue weighted by molar-refractivity contribution is 6.54. The van der Waals surface area contributed by atoms with Crippen LogP contribution in [0.3, 0.4) is 0 Å². The van der Waals surface area contributed by atoms with Gasteiger partial charge in [-0.3, -0.25) is 4.79 Å². The molecule has 0 fully saturated rings. The first-order chi connectivity index (χ1) is 5.08. The van der Waals surface area contributed by atoms with Gasteiger partial charge in [0.1, 0.15) is 0 Å². The molecule has 0 aliphatic rings. The van der Waals surface area contributed by atoms with Crippen LogP contribution in [0.4, 0.5) is 4.79 Å². The van der Waals surface area contributed by atoms with Crippen LogP contribution in [0.2, 0.25) is 0 Å². The van der Waals surface area contributed by atoms with E-state index < -0.39 is 5.87 Å². The van der Waals surface area contributed by atoms with E-state index in [9.17, 15) is 0 Å². The topological polar surface area (TPSA) is 40.5 Å². The molecule has 2 radical (unpaired) electrons. The summed E-state index contributed by atoms with van der Waals surface area (Å²) < 4.78 is 0. The van der Waals surface area contributed by atoms with Gasteiger partial charge in [0.25, 0.3) is 0 Å².